The molecule has 0 saturated heterocycles. The maximum atomic E-state index is 13.5. The van der Waals surface area contributed by atoms with Gasteiger partial charge in [-0.05, 0) is 61.9 Å². The quantitative estimate of drug-likeness (QED) is 0.267. The van der Waals surface area contributed by atoms with Crippen LogP contribution in [0.25, 0.3) is 0 Å². The van der Waals surface area contributed by atoms with E-state index in [1.165, 1.54) is 11.6 Å². The molecule has 0 saturated carbocycles. The van der Waals surface area contributed by atoms with E-state index in [4.69, 9.17) is 9.37 Å². The van der Waals surface area contributed by atoms with Crippen LogP contribution in [-0.4, -0.2) is 33.6 Å². The van der Waals surface area contributed by atoms with E-state index in [0.717, 1.165) is 0 Å². The van der Waals surface area contributed by atoms with Crippen molar-refractivity contribution < 1.29 is 23.8 Å². The van der Waals surface area contributed by atoms with Gasteiger partial charge in [0.2, 0.25) is 0 Å². The second kappa shape index (κ2) is 10.0. The summed E-state index contributed by atoms with van der Waals surface area (Å²) in [7, 11) is 0. The molecule has 1 heterocycles. The minimum atomic E-state index is -0.404. The van der Waals surface area contributed by atoms with Crippen LogP contribution in [0.1, 0.15) is 43.3 Å². The fourth-order valence-corrected chi connectivity index (χ4v) is 3.43. The second-order valence-corrected chi connectivity index (χ2v) is 9.16. The van der Waals surface area contributed by atoms with Crippen molar-refractivity contribution in [1.29, 1.82) is 0 Å². The molecule has 0 unspecified atom stereocenters. The molecule has 1 N–H and O–H groups in total. The lowest BCUT2D eigenvalue weighted by Crippen LogP contribution is -2.17. The molecule has 168 valence electrons. The zero-order valence-corrected chi connectivity index (χ0v) is 19.5. The van der Waals surface area contributed by atoms with Gasteiger partial charge in [-0.3, -0.25) is 4.79 Å². The molecule has 0 aliphatic rings. The summed E-state index contributed by atoms with van der Waals surface area (Å²) in [5, 5.41) is 20.3. The Bertz CT molecular complexity index is 1120. The van der Waals surface area contributed by atoms with Gasteiger partial charge in [-0.1, -0.05) is 49.3 Å². The summed E-state index contributed by atoms with van der Waals surface area (Å²) in [6, 6.07) is 12.0. The average molecular weight is 504 g/mol. The highest BCUT2D eigenvalue weighted by Gasteiger charge is 2.21. The summed E-state index contributed by atoms with van der Waals surface area (Å²) in [6.45, 7) is 6.20. The first-order valence-corrected chi connectivity index (χ1v) is 10.7. The highest BCUT2D eigenvalue weighted by atomic mass is 79.9. The van der Waals surface area contributed by atoms with Gasteiger partial charge >= 0.3 is 0 Å². The van der Waals surface area contributed by atoms with Crippen LogP contribution in [0, 0.1) is 5.82 Å². The molecule has 0 spiro atoms. The van der Waals surface area contributed by atoms with Crippen molar-refractivity contribution in [1.82, 2.24) is 10.3 Å². The van der Waals surface area contributed by atoms with Crippen molar-refractivity contribution in [3.05, 3.63) is 75.3 Å². The fraction of sp³-hybridized carbons (Fsp3) is 0.304. The summed E-state index contributed by atoms with van der Waals surface area (Å²) in [5.74, 6) is -0.0633. The van der Waals surface area contributed by atoms with Gasteiger partial charge in [0.25, 0.3) is 0 Å². The van der Waals surface area contributed by atoms with Crippen LogP contribution < -0.4 is 4.74 Å². The third kappa shape index (κ3) is 6.00. The number of Topliss-reactive ketones (excluding diaryl/α,β-unsaturated/α-hetero) is 1. The first kappa shape index (κ1) is 23.6. The van der Waals surface area contributed by atoms with Gasteiger partial charge in [-0.2, -0.15) is 0 Å². The molecule has 0 bridgehead atoms. The van der Waals surface area contributed by atoms with Crippen LogP contribution in [0.3, 0.4) is 0 Å². The van der Waals surface area contributed by atoms with Crippen molar-refractivity contribution in [3.8, 4) is 5.75 Å². The van der Waals surface area contributed by atoms with E-state index in [0.29, 0.717) is 11.3 Å². The molecule has 0 atom stereocenters. The van der Waals surface area contributed by atoms with Gasteiger partial charge in [0.15, 0.2) is 11.5 Å². The molecular weight excluding hydrogens is 481 g/mol. The number of ketones is 1. The standard InChI is InChI=1S/C23H23BrFN3O4/c1-23(2,3)15-5-7-17(8-6-15)31-13-16(29)12-21-22(28-32-27-21)20(26-30)11-14-4-9-19(25)18(24)10-14/h4-10,30H,11-13H2,1-3H3/b26-20+. The summed E-state index contributed by atoms with van der Waals surface area (Å²) in [4.78, 5) is 12.4. The molecule has 9 heteroatoms. The number of ether oxygens (including phenoxy) is 1. The van der Waals surface area contributed by atoms with Crippen molar-refractivity contribution in [2.45, 2.75) is 39.0 Å². The van der Waals surface area contributed by atoms with Gasteiger partial charge in [-0.25, -0.2) is 9.02 Å². The number of rotatable bonds is 8. The van der Waals surface area contributed by atoms with Gasteiger partial charge < -0.3 is 9.94 Å². The Kier molecular flexibility index (Phi) is 7.40. The lowest BCUT2D eigenvalue weighted by Gasteiger charge is -2.19. The molecule has 0 amide bonds. The molecule has 7 nitrogen and oxygen atoms in total. The Morgan fingerprint density at radius 1 is 1.16 bits per heavy atom. The van der Waals surface area contributed by atoms with E-state index in [9.17, 15) is 14.4 Å². The molecule has 0 radical (unpaired) electrons. The molecule has 1 aromatic heterocycles. The van der Waals surface area contributed by atoms with Gasteiger partial charge in [-0.15, -0.1) is 0 Å². The summed E-state index contributed by atoms with van der Waals surface area (Å²) in [5.41, 5.74) is 2.41. The van der Waals surface area contributed by atoms with Crippen LogP contribution >= 0.6 is 15.9 Å². The predicted molar refractivity (Wildman–Crippen MR) is 120 cm³/mol. The maximum Gasteiger partial charge on any atom is 0.176 e. The average Bonchev–Trinajstić information content (AvgIpc) is 3.20. The van der Waals surface area contributed by atoms with E-state index in [1.54, 1.807) is 12.1 Å². The number of nitrogens with zero attached hydrogens (tertiary/aromatic N) is 3. The topological polar surface area (TPSA) is 97.8 Å². The number of hydrogen-bond acceptors (Lipinski definition) is 7. The normalized spacial score (nSPS) is 12.1. The number of benzene rings is 2. The second-order valence-electron chi connectivity index (χ2n) is 8.31. The summed E-state index contributed by atoms with van der Waals surface area (Å²) in [6.07, 6.45) is 0.0342. The Hall–Kier alpha value is -3.07. The molecule has 2 aromatic carbocycles. The van der Waals surface area contributed by atoms with Crippen LogP contribution in [0.2, 0.25) is 0 Å². The monoisotopic (exact) mass is 503 g/mol. The predicted octanol–water partition coefficient (Wildman–Crippen LogP) is 4.88. The van der Waals surface area contributed by atoms with Crippen molar-refractivity contribution in [2.75, 3.05) is 6.61 Å². The van der Waals surface area contributed by atoms with Crippen LogP contribution in [-0.2, 0) is 23.1 Å². The van der Waals surface area contributed by atoms with Crippen molar-refractivity contribution in [3.63, 3.8) is 0 Å². The number of carbonyl (C=O) groups is 1. The molecule has 0 fully saturated rings. The minimum Gasteiger partial charge on any atom is -0.486 e. The largest absolute Gasteiger partial charge is 0.486 e. The molecule has 3 aromatic rings. The number of hydrogen-bond donors (Lipinski definition) is 1. The van der Waals surface area contributed by atoms with E-state index < -0.39 is 5.82 Å². The highest BCUT2D eigenvalue weighted by molar-refractivity contribution is 9.10. The van der Waals surface area contributed by atoms with Gasteiger partial charge in [0, 0.05) is 6.42 Å². The molecule has 0 aliphatic carbocycles. The van der Waals surface area contributed by atoms with Crippen LogP contribution in [0.5, 0.6) is 5.75 Å². The van der Waals surface area contributed by atoms with Crippen molar-refractivity contribution >= 4 is 27.4 Å². The van der Waals surface area contributed by atoms with Crippen LogP contribution in [0.4, 0.5) is 4.39 Å². The van der Waals surface area contributed by atoms with E-state index in [1.807, 2.05) is 24.3 Å². The van der Waals surface area contributed by atoms with E-state index in [2.05, 4.69) is 52.2 Å². The van der Waals surface area contributed by atoms with E-state index in [-0.39, 0.29) is 52.2 Å². The van der Waals surface area contributed by atoms with Crippen molar-refractivity contribution in [2.24, 2.45) is 5.16 Å². The summed E-state index contributed by atoms with van der Waals surface area (Å²) >= 11 is 3.12. The first-order chi connectivity index (χ1) is 15.2. The molecule has 3 rings (SSSR count). The molecule has 0 aliphatic heterocycles. The number of carbonyl (C=O) groups excluding carboxylic acids is 1. The minimum absolute atomic E-state index is 0.0284. The van der Waals surface area contributed by atoms with Gasteiger partial charge in [0.1, 0.15) is 29.6 Å². The van der Waals surface area contributed by atoms with E-state index >= 15 is 0 Å². The SMILES string of the molecule is CC(C)(C)c1ccc(OCC(=O)Cc2nonc2/C(Cc2ccc(F)c(Br)c2)=N/O)cc1. The Balaban J connectivity index is 1.63. The lowest BCUT2D eigenvalue weighted by molar-refractivity contribution is -0.120. The maximum absolute atomic E-state index is 13.5. The number of halogens is 2. The lowest BCUT2D eigenvalue weighted by atomic mass is 9.87. The third-order valence-corrected chi connectivity index (χ3v) is 5.40. The zero-order valence-electron chi connectivity index (χ0n) is 17.9. The summed E-state index contributed by atoms with van der Waals surface area (Å²) < 4.78 is 24.1. The van der Waals surface area contributed by atoms with Crippen LogP contribution in [0.15, 0.2) is 56.7 Å². The first-order valence-electron chi connectivity index (χ1n) is 9.89. The highest BCUT2D eigenvalue weighted by Crippen LogP contribution is 2.24. The Morgan fingerprint density at radius 3 is 2.50 bits per heavy atom. The smallest absolute Gasteiger partial charge is 0.176 e. The van der Waals surface area contributed by atoms with Gasteiger partial charge in [0.05, 0.1) is 10.9 Å². The Labute approximate surface area is 193 Å². The zero-order chi connectivity index (χ0) is 23.3. The third-order valence-electron chi connectivity index (χ3n) is 4.79. The number of oxime groups is 1. The molecular formula is C23H23BrFN3O4. The molecule has 32 heavy (non-hydrogen) atoms. The number of aromatic nitrogens is 2. The fourth-order valence-electron chi connectivity index (χ4n) is 3.00. The Morgan fingerprint density at radius 2 is 1.88 bits per heavy atom.